The first-order valence-corrected chi connectivity index (χ1v) is 5.81. The number of carbonyl (C=O) groups excluding carboxylic acids is 3. The number of Topliss-reactive ketones (excluding diaryl/α,β-unsaturated/α-hetero) is 1. The quantitative estimate of drug-likeness (QED) is 0.778. The van der Waals surface area contributed by atoms with Crippen LogP contribution >= 0.6 is 0 Å². The van der Waals surface area contributed by atoms with E-state index in [0.29, 0.717) is 11.3 Å². The van der Waals surface area contributed by atoms with E-state index in [0.717, 1.165) is 0 Å². The highest BCUT2D eigenvalue weighted by Crippen LogP contribution is 2.29. The Balaban J connectivity index is 2.89. The van der Waals surface area contributed by atoms with Gasteiger partial charge < -0.3 is 15.2 Å². The molecule has 0 spiro atoms. The van der Waals surface area contributed by atoms with E-state index in [1.807, 2.05) is 5.32 Å². The molecule has 0 heterocycles. The van der Waals surface area contributed by atoms with Crippen molar-refractivity contribution in [2.45, 2.75) is 20.0 Å². The lowest BCUT2D eigenvalue weighted by Crippen LogP contribution is -2.42. The van der Waals surface area contributed by atoms with Gasteiger partial charge in [-0.2, -0.15) is 0 Å². The van der Waals surface area contributed by atoms with Gasteiger partial charge in [0.15, 0.2) is 23.4 Å². The number of urea groups is 1. The van der Waals surface area contributed by atoms with E-state index in [9.17, 15) is 14.4 Å². The van der Waals surface area contributed by atoms with Crippen molar-refractivity contribution in [2.75, 3.05) is 7.11 Å². The normalized spacial score (nSPS) is 11.3. The molecule has 7 nitrogen and oxygen atoms in total. The third-order valence-corrected chi connectivity index (χ3v) is 2.49. The molecule has 108 valence electrons. The van der Waals surface area contributed by atoms with Gasteiger partial charge >= 0.3 is 6.03 Å². The Bertz CT molecular complexity index is 542. The average Bonchev–Trinajstić information content (AvgIpc) is 2.37. The Morgan fingerprint density at radius 3 is 2.40 bits per heavy atom. The van der Waals surface area contributed by atoms with Gasteiger partial charge in [0.25, 0.3) is 5.91 Å². The van der Waals surface area contributed by atoms with E-state index in [4.69, 9.17) is 15.2 Å². The largest absolute Gasteiger partial charge is 0.493 e. The van der Waals surface area contributed by atoms with Gasteiger partial charge in [-0.25, -0.2) is 4.79 Å². The number of primary amides is 1. The molecule has 1 aromatic rings. The minimum atomic E-state index is -0.954. The van der Waals surface area contributed by atoms with Crippen LogP contribution < -0.4 is 20.5 Å². The van der Waals surface area contributed by atoms with E-state index in [-0.39, 0.29) is 11.5 Å². The van der Waals surface area contributed by atoms with Crippen LogP contribution in [-0.4, -0.2) is 30.9 Å². The third-order valence-electron chi connectivity index (χ3n) is 2.49. The van der Waals surface area contributed by atoms with Gasteiger partial charge in [-0.05, 0) is 32.0 Å². The predicted molar refractivity (Wildman–Crippen MR) is 70.8 cm³/mol. The molecule has 0 aliphatic carbocycles. The summed E-state index contributed by atoms with van der Waals surface area (Å²) in [6.45, 7) is 2.88. The molecule has 1 rings (SSSR count). The molecule has 0 saturated heterocycles. The van der Waals surface area contributed by atoms with E-state index in [1.54, 1.807) is 6.07 Å². The predicted octanol–water partition coefficient (Wildman–Crippen LogP) is 0.860. The number of carbonyl (C=O) groups is 3. The van der Waals surface area contributed by atoms with Crippen molar-refractivity contribution >= 4 is 17.7 Å². The number of nitrogens with one attached hydrogen (secondary N) is 1. The molecule has 0 aliphatic rings. The van der Waals surface area contributed by atoms with Gasteiger partial charge in [0, 0.05) is 5.56 Å². The molecule has 0 unspecified atom stereocenters. The lowest BCUT2D eigenvalue weighted by atomic mass is 10.1. The fourth-order valence-electron chi connectivity index (χ4n) is 1.45. The number of benzene rings is 1. The summed E-state index contributed by atoms with van der Waals surface area (Å²) in [5.41, 5.74) is 5.31. The Kier molecular flexibility index (Phi) is 5.08. The van der Waals surface area contributed by atoms with E-state index in [2.05, 4.69) is 0 Å². The Labute approximate surface area is 116 Å². The Morgan fingerprint density at radius 2 is 1.90 bits per heavy atom. The number of ether oxygens (including phenoxy) is 2. The summed E-state index contributed by atoms with van der Waals surface area (Å²) in [5, 5.41) is 1.91. The van der Waals surface area contributed by atoms with Crippen molar-refractivity contribution in [3.63, 3.8) is 0 Å². The number of ketones is 1. The highest BCUT2D eigenvalue weighted by molar-refractivity contribution is 5.96. The molecule has 0 aromatic heterocycles. The highest BCUT2D eigenvalue weighted by Gasteiger charge is 2.18. The lowest BCUT2D eigenvalue weighted by Gasteiger charge is -2.16. The van der Waals surface area contributed by atoms with Gasteiger partial charge in [0.05, 0.1) is 7.11 Å². The molecule has 20 heavy (non-hydrogen) atoms. The first-order chi connectivity index (χ1) is 9.35. The van der Waals surface area contributed by atoms with Crippen LogP contribution in [0.3, 0.4) is 0 Å². The molecule has 0 aliphatic heterocycles. The molecule has 1 atom stereocenters. The standard InChI is InChI=1S/C13H16N2O5/c1-7(16)9-4-5-10(11(6-9)19-3)20-8(2)12(17)15-13(14)18/h4-6,8H,1-3H3,(H3,14,15,17,18)/t8-/m0/s1. The minimum absolute atomic E-state index is 0.116. The average molecular weight is 280 g/mol. The number of hydrogen-bond acceptors (Lipinski definition) is 5. The zero-order valence-corrected chi connectivity index (χ0v) is 11.4. The maximum absolute atomic E-state index is 11.5. The second kappa shape index (κ2) is 6.55. The monoisotopic (exact) mass is 280 g/mol. The van der Waals surface area contributed by atoms with Crippen molar-refractivity contribution in [2.24, 2.45) is 5.73 Å². The van der Waals surface area contributed by atoms with Crippen LogP contribution in [-0.2, 0) is 4.79 Å². The summed E-state index contributed by atoms with van der Waals surface area (Å²) < 4.78 is 10.5. The van der Waals surface area contributed by atoms with Gasteiger partial charge in [0.2, 0.25) is 0 Å². The summed E-state index contributed by atoms with van der Waals surface area (Å²) in [5.74, 6) is -0.189. The number of methoxy groups -OCH3 is 1. The maximum atomic E-state index is 11.5. The Morgan fingerprint density at radius 1 is 1.25 bits per heavy atom. The van der Waals surface area contributed by atoms with Gasteiger partial charge in [-0.3, -0.25) is 14.9 Å². The smallest absolute Gasteiger partial charge is 0.318 e. The summed E-state index contributed by atoms with van der Waals surface area (Å²) in [6, 6.07) is 3.63. The summed E-state index contributed by atoms with van der Waals surface area (Å²) in [7, 11) is 1.42. The fraction of sp³-hybridized carbons (Fsp3) is 0.308. The molecule has 0 radical (unpaired) electrons. The van der Waals surface area contributed by atoms with Crippen molar-refractivity contribution in [3.05, 3.63) is 23.8 Å². The van der Waals surface area contributed by atoms with E-state index < -0.39 is 18.0 Å². The topological polar surface area (TPSA) is 108 Å². The molecular formula is C13H16N2O5. The van der Waals surface area contributed by atoms with Crippen LogP contribution in [0.2, 0.25) is 0 Å². The zero-order chi connectivity index (χ0) is 15.3. The second-order valence-corrected chi connectivity index (χ2v) is 4.04. The van der Waals surface area contributed by atoms with Crippen molar-refractivity contribution in [1.29, 1.82) is 0 Å². The minimum Gasteiger partial charge on any atom is -0.493 e. The van der Waals surface area contributed by atoms with Gasteiger partial charge in [0.1, 0.15) is 0 Å². The molecule has 0 bridgehead atoms. The summed E-state index contributed by atoms with van der Waals surface area (Å²) in [6.07, 6.45) is -0.945. The number of amides is 3. The van der Waals surface area contributed by atoms with Crippen LogP contribution in [0.5, 0.6) is 11.5 Å². The number of rotatable bonds is 5. The van der Waals surface area contributed by atoms with Crippen LogP contribution in [0, 0.1) is 0 Å². The molecule has 1 aromatic carbocycles. The molecule has 0 fully saturated rings. The van der Waals surface area contributed by atoms with Crippen molar-refractivity contribution in [1.82, 2.24) is 5.32 Å². The molecule has 7 heteroatoms. The first kappa shape index (κ1) is 15.5. The summed E-state index contributed by atoms with van der Waals surface area (Å²) in [4.78, 5) is 33.3. The third kappa shape index (κ3) is 3.98. The van der Waals surface area contributed by atoms with Gasteiger partial charge in [-0.15, -0.1) is 0 Å². The fourth-order valence-corrected chi connectivity index (χ4v) is 1.45. The van der Waals surface area contributed by atoms with E-state index >= 15 is 0 Å². The number of nitrogens with two attached hydrogens (primary N) is 1. The van der Waals surface area contributed by atoms with Crippen LogP contribution in [0.25, 0.3) is 0 Å². The summed E-state index contributed by atoms with van der Waals surface area (Å²) >= 11 is 0. The number of imide groups is 1. The first-order valence-electron chi connectivity index (χ1n) is 5.81. The highest BCUT2D eigenvalue weighted by atomic mass is 16.5. The number of hydrogen-bond donors (Lipinski definition) is 2. The lowest BCUT2D eigenvalue weighted by molar-refractivity contribution is -0.126. The van der Waals surface area contributed by atoms with E-state index in [1.165, 1.54) is 33.1 Å². The van der Waals surface area contributed by atoms with Crippen LogP contribution in [0.4, 0.5) is 4.79 Å². The molecular weight excluding hydrogens is 264 g/mol. The van der Waals surface area contributed by atoms with Crippen LogP contribution in [0.1, 0.15) is 24.2 Å². The van der Waals surface area contributed by atoms with Gasteiger partial charge in [-0.1, -0.05) is 0 Å². The van der Waals surface area contributed by atoms with Crippen molar-refractivity contribution in [3.8, 4) is 11.5 Å². The molecule has 0 saturated carbocycles. The molecule has 3 N–H and O–H groups in total. The SMILES string of the molecule is COc1cc(C(C)=O)ccc1O[C@@H](C)C(=O)NC(N)=O. The Hall–Kier alpha value is -2.57. The van der Waals surface area contributed by atoms with Crippen LogP contribution in [0.15, 0.2) is 18.2 Å². The molecule has 3 amide bonds. The second-order valence-electron chi connectivity index (χ2n) is 4.04. The van der Waals surface area contributed by atoms with Crippen molar-refractivity contribution < 1.29 is 23.9 Å². The zero-order valence-electron chi connectivity index (χ0n) is 11.4. The maximum Gasteiger partial charge on any atom is 0.318 e.